The molecule has 1 aliphatic rings. The summed E-state index contributed by atoms with van der Waals surface area (Å²) in [5.41, 5.74) is -1.87. The van der Waals surface area contributed by atoms with Crippen LogP contribution in [0.5, 0.6) is 0 Å². The molecule has 0 aliphatic carbocycles. The number of halogens is 4. The van der Waals surface area contributed by atoms with E-state index in [9.17, 15) is 13.2 Å². The predicted molar refractivity (Wildman–Crippen MR) is 66.7 cm³/mol. The van der Waals surface area contributed by atoms with Crippen molar-refractivity contribution in [3.8, 4) is 0 Å². The molecule has 102 valence electrons. The number of ether oxygens (including phenoxy) is 1. The molecule has 1 unspecified atom stereocenters. The molecule has 1 heterocycles. The van der Waals surface area contributed by atoms with Gasteiger partial charge in [-0.3, -0.25) is 4.99 Å². The Morgan fingerprint density at radius 3 is 2.47 bits per heavy atom. The van der Waals surface area contributed by atoms with Crippen molar-refractivity contribution in [3.05, 3.63) is 35.9 Å². The van der Waals surface area contributed by atoms with Crippen LogP contribution in [-0.4, -0.2) is 29.8 Å². The van der Waals surface area contributed by atoms with Gasteiger partial charge in [0, 0.05) is 0 Å². The van der Waals surface area contributed by atoms with Gasteiger partial charge in [-0.2, -0.15) is 13.2 Å². The van der Waals surface area contributed by atoms with E-state index in [1.807, 2.05) is 0 Å². The summed E-state index contributed by atoms with van der Waals surface area (Å²) in [6.45, 7) is -0.800. The number of rotatable bonds is 3. The molecule has 0 bridgehead atoms. The maximum atomic E-state index is 13.1. The Bertz CT molecular complexity index is 501. The third-order valence-corrected chi connectivity index (χ3v) is 2.86. The SMILES string of the molecule is FC(F)(F)C1(OCc2ccccc2)C=NC(Cl)=NC1. The smallest absolute Gasteiger partial charge is 0.354 e. The Morgan fingerprint density at radius 1 is 1.26 bits per heavy atom. The number of amidine groups is 1. The van der Waals surface area contributed by atoms with Crippen molar-refractivity contribution in [1.82, 2.24) is 0 Å². The first-order chi connectivity index (χ1) is 8.93. The van der Waals surface area contributed by atoms with Crippen LogP contribution in [-0.2, 0) is 11.3 Å². The van der Waals surface area contributed by atoms with Gasteiger partial charge in [0.1, 0.15) is 0 Å². The molecule has 19 heavy (non-hydrogen) atoms. The standard InChI is InChI=1S/C12H10ClF3N2O/c13-10-17-7-11(8-18-10,12(14,15)16)19-6-9-4-2-1-3-5-9/h1-5,7H,6,8H2. The number of alkyl halides is 3. The van der Waals surface area contributed by atoms with E-state index in [1.165, 1.54) is 0 Å². The molecule has 0 fully saturated rings. The minimum absolute atomic E-state index is 0.181. The molecule has 1 aromatic carbocycles. The van der Waals surface area contributed by atoms with Gasteiger partial charge in [-0.25, -0.2) is 4.99 Å². The van der Waals surface area contributed by atoms with Crippen molar-refractivity contribution in [1.29, 1.82) is 0 Å². The highest BCUT2D eigenvalue weighted by atomic mass is 35.5. The van der Waals surface area contributed by atoms with E-state index in [1.54, 1.807) is 30.3 Å². The molecule has 0 amide bonds. The fourth-order valence-corrected chi connectivity index (χ4v) is 1.64. The summed E-state index contributed by atoms with van der Waals surface area (Å²) in [5, 5.41) is -0.205. The normalized spacial score (nSPS) is 23.3. The highest BCUT2D eigenvalue weighted by molar-refractivity contribution is 6.65. The molecule has 7 heteroatoms. The summed E-state index contributed by atoms with van der Waals surface area (Å²) < 4.78 is 44.3. The summed E-state index contributed by atoms with van der Waals surface area (Å²) in [4.78, 5) is 6.91. The Balaban J connectivity index is 2.15. The zero-order valence-corrected chi connectivity index (χ0v) is 10.4. The highest BCUT2D eigenvalue weighted by Crippen LogP contribution is 2.35. The highest BCUT2D eigenvalue weighted by Gasteiger charge is 2.56. The van der Waals surface area contributed by atoms with Crippen molar-refractivity contribution in [2.24, 2.45) is 9.98 Å². The molecule has 2 rings (SSSR count). The topological polar surface area (TPSA) is 34.0 Å². The lowest BCUT2D eigenvalue weighted by molar-refractivity contribution is -0.245. The third kappa shape index (κ3) is 3.13. The van der Waals surface area contributed by atoms with E-state index in [2.05, 4.69) is 9.98 Å². The fraction of sp³-hybridized carbons (Fsp3) is 0.333. The van der Waals surface area contributed by atoms with Gasteiger partial charge in [-0.05, 0) is 17.2 Å². The molecule has 1 atom stereocenters. The summed E-state index contributed by atoms with van der Waals surface area (Å²) in [6.07, 6.45) is -3.93. The minimum atomic E-state index is -4.60. The van der Waals surface area contributed by atoms with E-state index < -0.39 is 18.3 Å². The number of hydrogen-bond donors (Lipinski definition) is 0. The maximum absolute atomic E-state index is 13.1. The third-order valence-electron chi connectivity index (χ3n) is 2.64. The predicted octanol–water partition coefficient (Wildman–Crippen LogP) is 3.18. The van der Waals surface area contributed by atoms with Gasteiger partial charge in [-0.15, -0.1) is 0 Å². The maximum Gasteiger partial charge on any atom is 0.424 e. The first-order valence-corrected chi connectivity index (χ1v) is 5.80. The zero-order chi connectivity index (χ0) is 13.9. The molecule has 1 aliphatic heterocycles. The fourth-order valence-electron chi connectivity index (χ4n) is 1.54. The van der Waals surface area contributed by atoms with Crippen molar-refractivity contribution in [2.45, 2.75) is 18.4 Å². The van der Waals surface area contributed by atoms with Crippen LogP contribution in [0.2, 0.25) is 0 Å². The molecule has 0 aromatic heterocycles. The molecule has 0 saturated heterocycles. The molecule has 0 spiro atoms. The van der Waals surface area contributed by atoms with Gasteiger partial charge in [0.25, 0.3) is 0 Å². The number of benzene rings is 1. The van der Waals surface area contributed by atoms with E-state index in [0.717, 1.165) is 0 Å². The van der Waals surface area contributed by atoms with Crippen LogP contribution >= 0.6 is 11.6 Å². The van der Waals surface area contributed by atoms with E-state index >= 15 is 0 Å². The lowest BCUT2D eigenvalue weighted by Crippen LogP contribution is -2.53. The van der Waals surface area contributed by atoms with Gasteiger partial charge in [0.05, 0.1) is 19.4 Å². The monoisotopic (exact) mass is 290 g/mol. The molecular formula is C12H10ClF3N2O. The first-order valence-electron chi connectivity index (χ1n) is 5.43. The number of aliphatic imine (C=N–C) groups is 2. The molecular weight excluding hydrogens is 281 g/mol. The summed E-state index contributed by atoms with van der Waals surface area (Å²) >= 11 is 5.44. The Morgan fingerprint density at radius 2 is 1.95 bits per heavy atom. The first kappa shape index (κ1) is 14.0. The lowest BCUT2D eigenvalue weighted by atomic mass is 10.0. The lowest BCUT2D eigenvalue weighted by Gasteiger charge is -2.32. The quantitative estimate of drug-likeness (QED) is 0.787. The van der Waals surface area contributed by atoms with Crippen molar-refractivity contribution in [3.63, 3.8) is 0 Å². The molecule has 3 nitrogen and oxygen atoms in total. The van der Waals surface area contributed by atoms with Crippen LogP contribution in [0.4, 0.5) is 13.2 Å². The van der Waals surface area contributed by atoms with Crippen LogP contribution in [0.3, 0.4) is 0 Å². The van der Waals surface area contributed by atoms with Crippen LogP contribution in [0.25, 0.3) is 0 Å². The van der Waals surface area contributed by atoms with Gasteiger partial charge >= 0.3 is 6.18 Å². The Hall–Kier alpha value is -1.40. The van der Waals surface area contributed by atoms with Gasteiger partial charge < -0.3 is 4.74 Å². The van der Waals surface area contributed by atoms with Crippen molar-refractivity contribution >= 4 is 23.1 Å². The zero-order valence-electron chi connectivity index (χ0n) is 9.69. The average molecular weight is 291 g/mol. The summed E-state index contributed by atoms with van der Waals surface area (Å²) in [6, 6.07) is 8.58. The summed E-state index contributed by atoms with van der Waals surface area (Å²) in [7, 11) is 0. The Kier molecular flexibility index (Phi) is 3.91. The van der Waals surface area contributed by atoms with Crippen LogP contribution in [0, 0.1) is 0 Å². The molecule has 1 aromatic rings. The van der Waals surface area contributed by atoms with Crippen LogP contribution in [0.15, 0.2) is 40.3 Å². The largest absolute Gasteiger partial charge is 0.424 e. The summed E-state index contributed by atoms with van der Waals surface area (Å²) in [5.74, 6) is 0. The molecule has 0 radical (unpaired) electrons. The van der Waals surface area contributed by atoms with Crippen molar-refractivity contribution in [2.75, 3.05) is 6.54 Å². The van der Waals surface area contributed by atoms with Crippen LogP contribution in [0.1, 0.15) is 5.56 Å². The van der Waals surface area contributed by atoms with Crippen LogP contribution < -0.4 is 0 Å². The van der Waals surface area contributed by atoms with Gasteiger partial charge in [0.2, 0.25) is 10.9 Å². The second-order valence-corrected chi connectivity index (χ2v) is 4.34. The average Bonchev–Trinajstić information content (AvgIpc) is 2.38. The van der Waals surface area contributed by atoms with Gasteiger partial charge in [-0.1, -0.05) is 30.3 Å². The number of nitrogens with zero attached hydrogens (tertiary/aromatic N) is 2. The van der Waals surface area contributed by atoms with E-state index in [0.29, 0.717) is 11.8 Å². The number of hydrogen-bond acceptors (Lipinski definition) is 3. The Labute approximate surface area is 112 Å². The minimum Gasteiger partial charge on any atom is -0.354 e. The van der Waals surface area contributed by atoms with Crippen molar-refractivity contribution < 1.29 is 17.9 Å². The molecule has 0 N–H and O–H groups in total. The van der Waals surface area contributed by atoms with E-state index in [-0.39, 0.29) is 11.9 Å². The van der Waals surface area contributed by atoms with E-state index in [4.69, 9.17) is 16.3 Å². The molecule has 0 saturated carbocycles. The second-order valence-electron chi connectivity index (χ2n) is 4.00. The second kappa shape index (κ2) is 5.30. The van der Waals surface area contributed by atoms with Gasteiger partial charge in [0.15, 0.2) is 0 Å².